The lowest BCUT2D eigenvalue weighted by molar-refractivity contribution is -0.120. The second kappa shape index (κ2) is 7.09. The second-order valence-electron chi connectivity index (χ2n) is 5.21. The van der Waals surface area contributed by atoms with Gasteiger partial charge in [-0.1, -0.05) is 22.9 Å². The van der Waals surface area contributed by atoms with Crippen LogP contribution in [0.15, 0.2) is 4.99 Å². The molecule has 102 valence electrons. The Morgan fingerprint density at radius 3 is 2.56 bits per heavy atom. The fourth-order valence-corrected chi connectivity index (χ4v) is 3.61. The van der Waals surface area contributed by atoms with Gasteiger partial charge in [0, 0.05) is 17.2 Å². The van der Waals surface area contributed by atoms with E-state index in [4.69, 9.17) is 4.99 Å². The molecule has 18 heavy (non-hydrogen) atoms. The molecule has 0 spiro atoms. The van der Waals surface area contributed by atoms with E-state index in [0.29, 0.717) is 22.6 Å². The number of halogens is 1. The fourth-order valence-electron chi connectivity index (χ4n) is 2.14. The lowest BCUT2D eigenvalue weighted by Gasteiger charge is -2.29. The van der Waals surface area contributed by atoms with Gasteiger partial charge in [-0.25, -0.2) is 0 Å². The van der Waals surface area contributed by atoms with Crippen molar-refractivity contribution in [2.75, 3.05) is 5.75 Å². The molecule has 0 aromatic carbocycles. The summed E-state index contributed by atoms with van der Waals surface area (Å²) >= 11 is 5.50. The van der Waals surface area contributed by atoms with Gasteiger partial charge < -0.3 is 0 Å². The zero-order valence-electron chi connectivity index (χ0n) is 11.0. The third kappa shape index (κ3) is 4.37. The predicted molar refractivity (Wildman–Crippen MR) is 82.9 cm³/mol. The maximum atomic E-state index is 11.6. The highest BCUT2D eigenvalue weighted by Gasteiger charge is 2.29. The zero-order valence-corrected chi connectivity index (χ0v) is 13.4. The van der Waals surface area contributed by atoms with Gasteiger partial charge >= 0.3 is 0 Å². The van der Waals surface area contributed by atoms with Crippen LogP contribution in [-0.4, -0.2) is 27.4 Å². The number of hydrogen-bond acceptors (Lipinski definition) is 3. The lowest BCUT2D eigenvalue weighted by Crippen LogP contribution is -2.30. The Bertz CT molecular complexity index is 328. The van der Waals surface area contributed by atoms with E-state index in [1.807, 2.05) is 11.8 Å². The number of rotatable bonds is 7. The molecule has 2 nitrogen and oxygen atoms in total. The highest BCUT2D eigenvalue weighted by molar-refractivity contribution is 9.09. The van der Waals surface area contributed by atoms with Crippen molar-refractivity contribution in [2.24, 2.45) is 10.9 Å². The smallest absolute Gasteiger partial charge is 0.135 e. The number of nitrogens with zero attached hydrogens (tertiary/aromatic N) is 1. The monoisotopic (exact) mass is 331 g/mol. The minimum Gasteiger partial charge on any atom is -0.299 e. The Morgan fingerprint density at radius 1 is 1.28 bits per heavy atom. The Morgan fingerprint density at radius 2 is 2.06 bits per heavy atom. The molecule has 0 aromatic rings. The van der Waals surface area contributed by atoms with Gasteiger partial charge in [0.05, 0.1) is 11.1 Å². The lowest BCUT2D eigenvalue weighted by atomic mass is 9.93. The normalized spacial score (nSPS) is 28.0. The van der Waals surface area contributed by atoms with Crippen LogP contribution in [0.3, 0.4) is 0 Å². The molecule has 2 aliphatic carbocycles. The van der Waals surface area contributed by atoms with Crippen molar-refractivity contribution in [3.63, 3.8) is 0 Å². The molecular formula is C14H22BrNOS. The molecule has 0 aromatic heterocycles. The number of ketones is 1. The number of carbonyl (C=O) groups is 1. The van der Waals surface area contributed by atoms with Crippen molar-refractivity contribution >= 4 is 38.5 Å². The molecule has 4 heteroatoms. The first kappa shape index (κ1) is 14.6. The topological polar surface area (TPSA) is 29.4 Å². The Kier molecular flexibility index (Phi) is 5.74. The maximum absolute atomic E-state index is 11.6. The highest BCUT2D eigenvalue weighted by atomic mass is 79.9. The van der Waals surface area contributed by atoms with Crippen LogP contribution < -0.4 is 0 Å². The summed E-state index contributed by atoms with van der Waals surface area (Å²) in [5.74, 6) is 1.98. The third-order valence-electron chi connectivity index (χ3n) is 3.62. The Hall–Kier alpha value is 0.170. The molecule has 0 N–H and O–H groups in total. The van der Waals surface area contributed by atoms with Crippen LogP contribution in [0.4, 0.5) is 0 Å². The molecular weight excluding hydrogens is 310 g/mol. The number of hydrogen-bond donors (Lipinski definition) is 0. The van der Waals surface area contributed by atoms with Gasteiger partial charge in [0.1, 0.15) is 5.78 Å². The molecule has 0 bridgehead atoms. The van der Waals surface area contributed by atoms with Crippen molar-refractivity contribution in [2.45, 2.75) is 62.7 Å². The van der Waals surface area contributed by atoms with Crippen LogP contribution in [0.2, 0.25) is 0 Å². The van der Waals surface area contributed by atoms with E-state index in [0.717, 1.165) is 37.9 Å². The largest absolute Gasteiger partial charge is 0.299 e. The summed E-state index contributed by atoms with van der Waals surface area (Å²) in [7, 11) is 0. The van der Waals surface area contributed by atoms with E-state index in [2.05, 4.69) is 22.9 Å². The van der Waals surface area contributed by atoms with Gasteiger partial charge in [-0.3, -0.25) is 9.79 Å². The molecule has 2 atom stereocenters. The van der Waals surface area contributed by atoms with E-state index in [-0.39, 0.29) is 0 Å². The fraction of sp³-hybridized carbons (Fsp3) is 0.857. The minimum absolute atomic E-state index is 0.419. The van der Waals surface area contributed by atoms with Crippen LogP contribution >= 0.6 is 27.7 Å². The van der Waals surface area contributed by atoms with Crippen molar-refractivity contribution < 1.29 is 4.79 Å². The number of carbonyl (C=O) groups excluding carboxylic acids is 1. The zero-order chi connectivity index (χ0) is 13.0. The number of Topliss-reactive ketones (excluding diaryl/α,β-unsaturated/α-hetero) is 1. The molecule has 0 aliphatic heterocycles. The van der Waals surface area contributed by atoms with E-state index in [9.17, 15) is 4.79 Å². The minimum atomic E-state index is 0.419. The first-order chi connectivity index (χ1) is 8.70. The van der Waals surface area contributed by atoms with E-state index in [1.165, 1.54) is 17.9 Å². The van der Waals surface area contributed by atoms with Crippen molar-refractivity contribution in [3.05, 3.63) is 0 Å². The summed E-state index contributed by atoms with van der Waals surface area (Å²) in [6.45, 7) is 2.17. The van der Waals surface area contributed by atoms with Gasteiger partial charge in [0.25, 0.3) is 0 Å². The molecule has 2 fully saturated rings. The van der Waals surface area contributed by atoms with E-state index < -0.39 is 0 Å². The van der Waals surface area contributed by atoms with Crippen LogP contribution in [0.5, 0.6) is 0 Å². The van der Waals surface area contributed by atoms with Crippen molar-refractivity contribution in [1.29, 1.82) is 0 Å². The molecule has 0 radical (unpaired) electrons. The quantitative estimate of drug-likeness (QED) is 0.397. The summed E-state index contributed by atoms with van der Waals surface area (Å²) < 4.78 is 0. The highest BCUT2D eigenvalue weighted by Crippen LogP contribution is 2.33. The number of alkyl halides is 1. The van der Waals surface area contributed by atoms with Gasteiger partial charge in [-0.2, -0.15) is 0 Å². The predicted octanol–water partition coefficient (Wildman–Crippen LogP) is 4.21. The molecule has 0 amide bonds. The van der Waals surface area contributed by atoms with Crippen LogP contribution in [0.1, 0.15) is 51.9 Å². The van der Waals surface area contributed by atoms with Crippen LogP contribution in [0.25, 0.3) is 0 Å². The van der Waals surface area contributed by atoms with Crippen molar-refractivity contribution in [3.8, 4) is 0 Å². The second-order valence-corrected chi connectivity index (χ2v) is 7.72. The van der Waals surface area contributed by atoms with Gasteiger partial charge in [-0.15, -0.1) is 11.8 Å². The first-order valence-electron chi connectivity index (χ1n) is 7.07. The summed E-state index contributed by atoms with van der Waals surface area (Å²) in [4.78, 5) is 17.0. The van der Waals surface area contributed by atoms with Crippen LogP contribution in [-0.2, 0) is 4.79 Å². The Labute approximate surface area is 123 Å². The molecule has 2 aliphatic rings. The summed E-state index contributed by atoms with van der Waals surface area (Å²) in [6, 6.07) is 0.484. The molecule has 0 saturated heterocycles. The maximum Gasteiger partial charge on any atom is 0.135 e. The average molecular weight is 332 g/mol. The first-order valence-corrected chi connectivity index (χ1v) is 8.97. The van der Waals surface area contributed by atoms with Gasteiger partial charge in [0.15, 0.2) is 0 Å². The number of thioether (sulfide) groups is 1. The SMILES string of the molecule is CCSC(CCCC(=O)C1CC1)=N[C@H]1CCC1Br. The van der Waals surface area contributed by atoms with E-state index in [1.54, 1.807) is 0 Å². The molecule has 2 saturated carbocycles. The summed E-state index contributed by atoms with van der Waals surface area (Å²) in [5.41, 5.74) is 0. The van der Waals surface area contributed by atoms with Crippen molar-refractivity contribution in [1.82, 2.24) is 0 Å². The summed E-state index contributed by atoms with van der Waals surface area (Å²) in [6.07, 6.45) is 7.47. The molecule has 2 rings (SSSR count). The molecule has 0 heterocycles. The molecule has 1 unspecified atom stereocenters. The third-order valence-corrected chi connectivity index (χ3v) is 5.62. The van der Waals surface area contributed by atoms with Gasteiger partial charge in [-0.05, 0) is 44.3 Å². The Balaban J connectivity index is 1.72. The van der Waals surface area contributed by atoms with E-state index >= 15 is 0 Å². The standard InChI is InChI=1S/C14H22BrNOS/c1-2-18-14(16-12-9-8-11(12)15)5-3-4-13(17)10-6-7-10/h10-12H,2-9H2,1H3/t11?,12-/m0/s1. The number of aliphatic imine (C=N–C) groups is 1. The van der Waals surface area contributed by atoms with Gasteiger partial charge in [0.2, 0.25) is 0 Å². The average Bonchev–Trinajstić information content (AvgIpc) is 3.17. The van der Waals surface area contributed by atoms with Crippen LogP contribution in [0, 0.1) is 5.92 Å². The summed E-state index contributed by atoms with van der Waals surface area (Å²) in [5, 5.41) is 1.26.